The molecule has 0 atom stereocenters. The van der Waals surface area contributed by atoms with Gasteiger partial charge in [0.2, 0.25) is 0 Å². The van der Waals surface area contributed by atoms with Gasteiger partial charge >= 0.3 is 0 Å². The average Bonchev–Trinajstić information content (AvgIpc) is 2.82. The van der Waals surface area contributed by atoms with Gasteiger partial charge in [0.15, 0.2) is 0 Å². The average molecular weight is 303 g/mol. The fourth-order valence-electron chi connectivity index (χ4n) is 2.38. The highest BCUT2D eigenvalue weighted by Gasteiger charge is 2.19. The first-order chi connectivity index (χ1) is 8.76. The second-order valence-electron chi connectivity index (χ2n) is 4.57. The van der Waals surface area contributed by atoms with Crippen molar-refractivity contribution in [2.45, 2.75) is 13.1 Å². The van der Waals surface area contributed by atoms with Gasteiger partial charge < -0.3 is 10.2 Å². The molecule has 3 heteroatoms. The normalized spacial score (nSPS) is 13.6. The summed E-state index contributed by atoms with van der Waals surface area (Å²) >= 11 is 3.47. The lowest BCUT2D eigenvalue weighted by molar-refractivity contribution is 0.880. The van der Waals surface area contributed by atoms with E-state index in [2.05, 4.69) is 68.6 Å². The third-order valence-electron chi connectivity index (χ3n) is 3.41. The van der Waals surface area contributed by atoms with E-state index in [9.17, 15) is 0 Å². The first-order valence-electron chi connectivity index (χ1n) is 6.06. The lowest BCUT2D eigenvalue weighted by Crippen LogP contribution is -2.13. The molecule has 2 aromatic carbocycles. The summed E-state index contributed by atoms with van der Waals surface area (Å²) in [7, 11) is 1.96. The molecule has 0 aliphatic carbocycles. The second-order valence-corrected chi connectivity index (χ2v) is 5.48. The van der Waals surface area contributed by atoms with Crippen molar-refractivity contribution < 1.29 is 0 Å². The fraction of sp³-hybridized carbons (Fsp3) is 0.200. The molecule has 1 N–H and O–H groups in total. The van der Waals surface area contributed by atoms with Crippen LogP contribution in [0.15, 0.2) is 46.9 Å². The summed E-state index contributed by atoms with van der Waals surface area (Å²) in [6.45, 7) is 1.99. The summed E-state index contributed by atoms with van der Waals surface area (Å²) in [5.74, 6) is 0. The van der Waals surface area contributed by atoms with Gasteiger partial charge in [-0.25, -0.2) is 0 Å². The lowest BCUT2D eigenvalue weighted by Gasteiger charge is -2.17. The number of fused-ring (bicyclic) bond motifs is 1. The van der Waals surface area contributed by atoms with Crippen molar-refractivity contribution in [2.24, 2.45) is 0 Å². The number of rotatable bonds is 2. The summed E-state index contributed by atoms with van der Waals surface area (Å²) in [6.07, 6.45) is 0. The predicted octanol–water partition coefficient (Wildman–Crippen LogP) is 4.01. The SMILES string of the molecule is CNc1ccc2c(c1)CN(c1ccc(Br)cc1)C2. The molecule has 0 spiro atoms. The monoisotopic (exact) mass is 302 g/mol. The zero-order chi connectivity index (χ0) is 12.5. The third-order valence-corrected chi connectivity index (χ3v) is 3.94. The van der Waals surface area contributed by atoms with E-state index in [-0.39, 0.29) is 0 Å². The number of nitrogens with zero attached hydrogens (tertiary/aromatic N) is 1. The van der Waals surface area contributed by atoms with E-state index in [0.29, 0.717) is 0 Å². The largest absolute Gasteiger partial charge is 0.388 e. The van der Waals surface area contributed by atoms with Gasteiger partial charge in [0.05, 0.1) is 0 Å². The molecule has 2 aromatic rings. The van der Waals surface area contributed by atoms with Crippen LogP contribution in [-0.2, 0) is 13.1 Å². The van der Waals surface area contributed by atoms with Gasteiger partial charge in [-0.3, -0.25) is 0 Å². The highest BCUT2D eigenvalue weighted by molar-refractivity contribution is 9.10. The molecule has 0 saturated heterocycles. The zero-order valence-corrected chi connectivity index (χ0v) is 11.9. The Bertz CT molecular complexity index is 563. The van der Waals surface area contributed by atoms with Gasteiger partial charge in [-0.2, -0.15) is 0 Å². The van der Waals surface area contributed by atoms with Gasteiger partial charge in [-0.05, 0) is 47.5 Å². The summed E-state index contributed by atoms with van der Waals surface area (Å²) in [5, 5.41) is 3.19. The van der Waals surface area contributed by atoms with Gasteiger partial charge in [-0.1, -0.05) is 22.0 Å². The molecule has 0 radical (unpaired) electrons. The lowest BCUT2D eigenvalue weighted by atomic mass is 10.1. The van der Waals surface area contributed by atoms with Crippen LogP contribution in [0.5, 0.6) is 0 Å². The minimum absolute atomic E-state index is 0.993. The van der Waals surface area contributed by atoms with Crippen molar-refractivity contribution in [2.75, 3.05) is 17.3 Å². The minimum Gasteiger partial charge on any atom is -0.388 e. The maximum Gasteiger partial charge on any atom is 0.0437 e. The maximum absolute atomic E-state index is 3.47. The number of nitrogens with one attached hydrogen (secondary N) is 1. The van der Waals surface area contributed by atoms with Gasteiger partial charge in [0.25, 0.3) is 0 Å². The molecular weight excluding hydrogens is 288 g/mol. The first kappa shape index (κ1) is 11.6. The Balaban J connectivity index is 1.86. The molecule has 92 valence electrons. The molecule has 0 saturated carbocycles. The number of anilines is 2. The standard InChI is InChI=1S/C15H15BrN2/c1-17-14-5-2-11-9-18(10-12(11)8-14)15-6-3-13(16)4-7-15/h2-8,17H,9-10H2,1H3. The van der Waals surface area contributed by atoms with Crippen molar-refractivity contribution in [1.29, 1.82) is 0 Å². The number of hydrogen-bond donors (Lipinski definition) is 1. The molecule has 0 amide bonds. The number of benzene rings is 2. The van der Waals surface area contributed by atoms with Gasteiger partial charge in [0, 0.05) is 36.0 Å². The van der Waals surface area contributed by atoms with Crippen LogP contribution in [0.2, 0.25) is 0 Å². The Morgan fingerprint density at radius 3 is 2.44 bits per heavy atom. The van der Waals surface area contributed by atoms with E-state index in [4.69, 9.17) is 0 Å². The van der Waals surface area contributed by atoms with Crippen LogP contribution in [-0.4, -0.2) is 7.05 Å². The smallest absolute Gasteiger partial charge is 0.0437 e. The molecular formula is C15H15BrN2. The highest BCUT2D eigenvalue weighted by Crippen LogP contribution is 2.30. The molecule has 1 aliphatic rings. The third kappa shape index (κ3) is 2.10. The van der Waals surface area contributed by atoms with Crippen molar-refractivity contribution in [3.63, 3.8) is 0 Å². The number of hydrogen-bond acceptors (Lipinski definition) is 2. The molecule has 0 fully saturated rings. The summed E-state index contributed by atoms with van der Waals surface area (Å²) in [6, 6.07) is 15.1. The molecule has 3 rings (SSSR count). The minimum atomic E-state index is 0.993. The van der Waals surface area contributed by atoms with Gasteiger partial charge in [0.1, 0.15) is 0 Å². The molecule has 0 aromatic heterocycles. The Labute approximate surface area is 116 Å². The first-order valence-corrected chi connectivity index (χ1v) is 6.85. The predicted molar refractivity (Wildman–Crippen MR) is 80.0 cm³/mol. The van der Waals surface area contributed by atoms with E-state index in [1.807, 2.05) is 7.05 Å². The fourth-order valence-corrected chi connectivity index (χ4v) is 2.65. The van der Waals surface area contributed by atoms with Crippen LogP contribution >= 0.6 is 15.9 Å². The molecule has 18 heavy (non-hydrogen) atoms. The Morgan fingerprint density at radius 2 is 1.72 bits per heavy atom. The van der Waals surface area contributed by atoms with E-state index in [1.165, 1.54) is 22.5 Å². The molecule has 0 bridgehead atoms. The van der Waals surface area contributed by atoms with Crippen molar-refractivity contribution >= 4 is 27.3 Å². The topological polar surface area (TPSA) is 15.3 Å². The van der Waals surface area contributed by atoms with E-state index >= 15 is 0 Å². The molecule has 0 unspecified atom stereocenters. The van der Waals surface area contributed by atoms with Crippen molar-refractivity contribution in [1.82, 2.24) is 0 Å². The highest BCUT2D eigenvalue weighted by atomic mass is 79.9. The molecule has 1 heterocycles. The summed E-state index contributed by atoms with van der Waals surface area (Å²) in [4.78, 5) is 2.40. The van der Waals surface area contributed by atoms with Crippen LogP contribution in [0.4, 0.5) is 11.4 Å². The van der Waals surface area contributed by atoms with Crippen LogP contribution in [0, 0.1) is 0 Å². The summed E-state index contributed by atoms with van der Waals surface area (Å²) < 4.78 is 1.13. The zero-order valence-electron chi connectivity index (χ0n) is 10.3. The Kier molecular flexibility index (Phi) is 3.00. The van der Waals surface area contributed by atoms with Crippen LogP contribution in [0.3, 0.4) is 0 Å². The van der Waals surface area contributed by atoms with E-state index in [0.717, 1.165) is 17.6 Å². The van der Waals surface area contributed by atoms with Crippen molar-refractivity contribution in [3.8, 4) is 0 Å². The summed E-state index contributed by atoms with van der Waals surface area (Å²) in [5.41, 5.74) is 5.31. The Morgan fingerprint density at radius 1 is 1.00 bits per heavy atom. The molecule has 2 nitrogen and oxygen atoms in total. The number of halogens is 1. The van der Waals surface area contributed by atoms with Crippen molar-refractivity contribution in [3.05, 3.63) is 58.1 Å². The van der Waals surface area contributed by atoms with E-state index < -0.39 is 0 Å². The van der Waals surface area contributed by atoms with E-state index in [1.54, 1.807) is 0 Å². The maximum atomic E-state index is 3.47. The Hall–Kier alpha value is -1.48. The molecule has 1 aliphatic heterocycles. The van der Waals surface area contributed by atoms with Crippen LogP contribution in [0.25, 0.3) is 0 Å². The second kappa shape index (κ2) is 4.65. The van der Waals surface area contributed by atoms with Crippen LogP contribution in [0.1, 0.15) is 11.1 Å². The quantitative estimate of drug-likeness (QED) is 0.901. The van der Waals surface area contributed by atoms with Crippen LogP contribution < -0.4 is 10.2 Å². The van der Waals surface area contributed by atoms with Gasteiger partial charge in [-0.15, -0.1) is 0 Å².